The minimum Gasteiger partial charge on any atom is -0.0955 e. The van der Waals surface area contributed by atoms with Gasteiger partial charge in [0.05, 0.1) is 0 Å². The van der Waals surface area contributed by atoms with E-state index in [0.29, 0.717) is 0 Å². The van der Waals surface area contributed by atoms with Gasteiger partial charge in [-0.05, 0) is 41.0 Å². The lowest BCUT2D eigenvalue weighted by molar-refractivity contribution is 0.590. The topological polar surface area (TPSA) is 0 Å². The molecule has 0 aliphatic rings. The van der Waals surface area contributed by atoms with Gasteiger partial charge in [0.25, 0.3) is 0 Å². The third kappa shape index (κ3) is 3.39. The summed E-state index contributed by atoms with van der Waals surface area (Å²) in [4.78, 5) is 0. The number of allylic oxidation sites excluding steroid dienone is 1. The van der Waals surface area contributed by atoms with E-state index in [0.717, 1.165) is 12.0 Å². The van der Waals surface area contributed by atoms with E-state index in [2.05, 4.69) is 82.8 Å². The molecule has 0 nitrogen and oxygen atoms in total. The van der Waals surface area contributed by atoms with Gasteiger partial charge in [-0.2, -0.15) is 0 Å². The van der Waals surface area contributed by atoms with Crippen LogP contribution in [0.25, 0.3) is 5.57 Å². The standard InChI is InChI=1S/C20H24/c1-15(2)19-9-7-6-8-17(19)14-16-10-12-18(13-11-16)20(3,4)5/h6-13H,1,14H2,2-5H3. The summed E-state index contributed by atoms with van der Waals surface area (Å²) in [5.41, 5.74) is 6.71. The molecule has 0 saturated carbocycles. The second kappa shape index (κ2) is 5.66. The number of rotatable bonds is 3. The summed E-state index contributed by atoms with van der Waals surface area (Å²) < 4.78 is 0. The molecule has 104 valence electrons. The van der Waals surface area contributed by atoms with Crippen molar-refractivity contribution in [1.82, 2.24) is 0 Å². The molecule has 0 N–H and O–H groups in total. The van der Waals surface area contributed by atoms with Gasteiger partial charge in [-0.3, -0.25) is 0 Å². The van der Waals surface area contributed by atoms with Gasteiger partial charge in [0.15, 0.2) is 0 Å². The van der Waals surface area contributed by atoms with Gasteiger partial charge in [-0.1, -0.05) is 81.5 Å². The van der Waals surface area contributed by atoms with Crippen LogP contribution in [0.3, 0.4) is 0 Å². The zero-order valence-corrected chi connectivity index (χ0v) is 13.0. The Balaban J connectivity index is 2.25. The van der Waals surface area contributed by atoms with Crippen LogP contribution in [0.2, 0.25) is 0 Å². The van der Waals surface area contributed by atoms with Crippen LogP contribution in [-0.2, 0) is 11.8 Å². The van der Waals surface area contributed by atoms with Crippen molar-refractivity contribution in [2.75, 3.05) is 0 Å². The van der Waals surface area contributed by atoms with Crippen molar-refractivity contribution in [3.05, 3.63) is 77.4 Å². The first-order valence-corrected chi connectivity index (χ1v) is 7.21. The monoisotopic (exact) mass is 264 g/mol. The molecule has 2 aromatic carbocycles. The SMILES string of the molecule is C=C(C)c1ccccc1Cc1ccc(C(C)(C)C)cc1. The third-order valence-electron chi connectivity index (χ3n) is 3.69. The Bertz CT molecular complexity index is 595. The lowest BCUT2D eigenvalue weighted by atomic mass is 9.86. The fraction of sp³-hybridized carbons (Fsp3) is 0.300. The first-order chi connectivity index (χ1) is 9.38. The van der Waals surface area contributed by atoms with Gasteiger partial charge in [0, 0.05) is 0 Å². The molecule has 2 aromatic rings. The Kier molecular flexibility index (Phi) is 4.13. The molecule has 0 radical (unpaired) electrons. The molecule has 0 atom stereocenters. The van der Waals surface area contributed by atoms with E-state index in [-0.39, 0.29) is 5.41 Å². The second-order valence-electron chi connectivity index (χ2n) is 6.56. The Labute approximate surface area is 123 Å². The Morgan fingerprint density at radius 2 is 1.55 bits per heavy atom. The highest BCUT2D eigenvalue weighted by Crippen LogP contribution is 2.24. The third-order valence-corrected chi connectivity index (χ3v) is 3.69. The molecule has 0 saturated heterocycles. The highest BCUT2D eigenvalue weighted by molar-refractivity contribution is 5.65. The molecular weight excluding hydrogens is 240 g/mol. The van der Waals surface area contributed by atoms with Crippen LogP contribution in [0.15, 0.2) is 55.1 Å². The van der Waals surface area contributed by atoms with Crippen LogP contribution in [0, 0.1) is 0 Å². The quantitative estimate of drug-likeness (QED) is 0.676. The van der Waals surface area contributed by atoms with Crippen molar-refractivity contribution in [3.8, 4) is 0 Å². The van der Waals surface area contributed by atoms with E-state index in [9.17, 15) is 0 Å². The highest BCUT2D eigenvalue weighted by atomic mass is 14.2. The van der Waals surface area contributed by atoms with Crippen molar-refractivity contribution < 1.29 is 0 Å². The zero-order valence-electron chi connectivity index (χ0n) is 13.0. The summed E-state index contributed by atoms with van der Waals surface area (Å²) in [6, 6.07) is 17.5. The van der Waals surface area contributed by atoms with E-state index in [1.807, 2.05) is 0 Å². The van der Waals surface area contributed by atoms with Crippen LogP contribution < -0.4 is 0 Å². The second-order valence-corrected chi connectivity index (χ2v) is 6.56. The maximum atomic E-state index is 4.07. The van der Waals surface area contributed by atoms with Gasteiger partial charge in [-0.25, -0.2) is 0 Å². The first-order valence-electron chi connectivity index (χ1n) is 7.21. The smallest absolute Gasteiger partial charge is 0.00197 e. The molecule has 0 heterocycles. The van der Waals surface area contributed by atoms with Crippen LogP contribution in [0.1, 0.15) is 49.9 Å². The van der Waals surface area contributed by atoms with Crippen molar-refractivity contribution >= 4 is 5.57 Å². The van der Waals surface area contributed by atoms with Crippen molar-refractivity contribution in [2.24, 2.45) is 0 Å². The van der Waals surface area contributed by atoms with Gasteiger partial charge in [0.1, 0.15) is 0 Å². The van der Waals surface area contributed by atoms with Crippen molar-refractivity contribution in [1.29, 1.82) is 0 Å². The zero-order chi connectivity index (χ0) is 14.8. The number of hydrogen-bond acceptors (Lipinski definition) is 0. The molecule has 0 amide bonds. The van der Waals surface area contributed by atoms with Crippen LogP contribution in [-0.4, -0.2) is 0 Å². The Hall–Kier alpha value is -1.82. The first kappa shape index (κ1) is 14.6. The number of benzene rings is 2. The van der Waals surface area contributed by atoms with Gasteiger partial charge < -0.3 is 0 Å². The average Bonchev–Trinajstić information content (AvgIpc) is 2.38. The summed E-state index contributed by atoms with van der Waals surface area (Å²) in [6.45, 7) is 12.9. The molecule has 0 fully saturated rings. The van der Waals surface area contributed by atoms with E-state index < -0.39 is 0 Å². The predicted molar refractivity (Wildman–Crippen MR) is 89.1 cm³/mol. The normalized spacial score (nSPS) is 11.4. The minimum atomic E-state index is 0.216. The maximum Gasteiger partial charge on any atom is -0.00197 e. The molecule has 0 aromatic heterocycles. The summed E-state index contributed by atoms with van der Waals surface area (Å²) in [5, 5.41) is 0. The molecule has 0 bridgehead atoms. The van der Waals surface area contributed by atoms with Crippen LogP contribution in [0.4, 0.5) is 0 Å². The molecule has 0 aliphatic heterocycles. The lowest BCUT2D eigenvalue weighted by Crippen LogP contribution is -2.10. The largest absolute Gasteiger partial charge is 0.0955 e. The summed E-state index contributed by atoms with van der Waals surface area (Å²) in [5.74, 6) is 0. The van der Waals surface area contributed by atoms with Gasteiger partial charge in [-0.15, -0.1) is 0 Å². The molecule has 0 heteroatoms. The molecule has 2 rings (SSSR count). The molecule has 0 unspecified atom stereocenters. The summed E-state index contributed by atoms with van der Waals surface area (Å²) >= 11 is 0. The average molecular weight is 264 g/mol. The van der Waals surface area contributed by atoms with E-state index in [1.54, 1.807) is 0 Å². The minimum absolute atomic E-state index is 0.216. The molecule has 0 spiro atoms. The lowest BCUT2D eigenvalue weighted by Gasteiger charge is -2.19. The van der Waals surface area contributed by atoms with Crippen LogP contribution in [0.5, 0.6) is 0 Å². The fourth-order valence-electron chi connectivity index (χ4n) is 2.43. The summed E-state index contributed by atoms with van der Waals surface area (Å²) in [6.07, 6.45) is 0.966. The molecule has 20 heavy (non-hydrogen) atoms. The van der Waals surface area contributed by atoms with Crippen LogP contribution >= 0.6 is 0 Å². The maximum absolute atomic E-state index is 4.07. The highest BCUT2D eigenvalue weighted by Gasteiger charge is 2.13. The Morgan fingerprint density at radius 1 is 0.950 bits per heavy atom. The van der Waals surface area contributed by atoms with Gasteiger partial charge in [0.2, 0.25) is 0 Å². The Morgan fingerprint density at radius 3 is 2.10 bits per heavy atom. The van der Waals surface area contributed by atoms with Crippen molar-refractivity contribution in [3.63, 3.8) is 0 Å². The molecular formula is C20H24. The van der Waals surface area contributed by atoms with Crippen molar-refractivity contribution in [2.45, 2.75) is 39.5 Å². The van der Waals surface area contributed by atoms with E-state index in [4.69, 9.17) is 0 Å². The van der Waals surface area contributed by atoms with E-state index in [1.165, 1.54) is 22.3 Å². The van der Waals surface area contributed by atoms with E-state index >= 15 is 0 Å². The molecule has 0 aliphatic carbocycles. The predicted octanol–water partition coefficient (Wildman–Crippen LogP) is 5.61. The fourth-order valence-corrected chi connectivity index (χ4v) is 2.43. The number of hydrogen-bond donors (Lipinski definition) is 0. The van der Waals surface area contributed by atoms with Gasteiger partial charge >= 0.3 is 0 Å². The summed E-state index contributed by atoms with van der Waals surface area (Å²) in [7, 11) is 0.